The van der Waals surface area contributed by atoms with Crippen LogP contribution in [0.4, 0.5) is 34.1 Å². The first-order chi connectivity index (χ1) is 17.8. The number of methoxy groups -OCH3 is 1. The highest BCUT2D eigenvalue weighted by Crippen LogP contribution is 2.42. The van der Waals surface area contributed by atoms with E-state index in [4.69, 9.17) is 4.74 Å². The van der Waals surface area contributed by atoms with Crippen LogP contribution in [0.2, 0.25) is 0 Å². The molecular weight excluding hydrogens is 444 g/mol. The van der Waals surface area contributed by atoms with E-state index >= 15 is 0 Å². The van der Waals surface area contributed by atoms with Crippen LogP contribution < -0.4 is 14.5 Å². The summed E-state index contributed by atoms with van der Waals surface area (Å²) >= 11 is 0. The molecule has 0 unspecified atom stereocenters. The zero-order valence-corrected chi connectivity index (χ0v) is 20.2. The minimum Gasteiger partial charge on any atom is -0.495 e. The van der Waals surface area contributed by atoms with Gasteiger partial charge in [0, 0.05) is 28.3 Å². The van der Waals surface area contributed by atoms with E-state index in [1.165, 1.54) is 0 Å². The van der Waals surface area contributed by atoms with Gasteiger partial charge in [-0.25, -0.2) is 0 Å². The summed E-state index contributed by atoms with van der Waals surface area (Å²) in [5.74, 6) is 0.799. The standard InChI is InChI=1S/C32H28N2O2/c1-36-32-19-11-10-18-31(32)34(27-15-6-3-7-16-27)29-22-20-28(21-23-29)33(26-13-4-2-5-14-26)30-17-9-8-12-25(30)24-35/h2-23,35H,24H2,1H3. The molecule has 0 saturated heterocycles. The second kappa shape index (κ2) is 10.8. The van der Waals surface area contributed by atoms with Gasteiger partial charge in [-0.2, -0.15) is 0 Å². The van der Waals surface area contributed by atoms with E-state index in [1.807, 2.05) is 78.9 Å². The van der Waals surface area contributed by atoms with Crippen molar-refractivity contribution in [2.75, 3.05) is 16.9 Å². The van der Waals surface area contributed by atoms with Crippen LogP contribution in [-0.2, 0) is 6.61 Å². The normalized spacial score (nSPS) is 10.6. The molecule has 0 aliphatic carbocycles. The zero-order chi connectivity index (χ0) is 24.7. The van der Waals surface area contributed by atoms with E-state index in [2.05, 4.69) is 64.4 Å². The summed E-state index contributed by atoms with van der Waals surface area (Å²) in [4.78, 5) is 4.36. The van der Waals surface area contributed by atoms with Crippen LogP contribution in [0, 0.1) is 0 Å². The predicted octanol–water partition coefficient (Wildman–Crippen LogP) is 8.13. The minimum absolute atomic E-state index is 0.0345. The SMILES string of the molecule is COc1ccccc1N(c1ccccc1)c1ccc(N(c2ccccc2)c2ccccc2CO)cc1. The van der Waals surface area contributed by atoms with Gasteiger partial charge < -0.3 is 19.6 Å². The zero-order valence-electron chi connectivity index (χ0n) is 20.2. The number of aliphatic hydroxyl groups excluding tert-OH is 1. The molecule has 5 aromatic rings. The van der Waals surface area contributed by atoms with Crippen molar-refractivity contribution in [1.82, 2.24) is 0 Å². The maximum Gasteiger partial charge on any atom is 0.142 e. The van der Waals surface area contributed by atoms with Crippen LogP contribution in [0.15, 0.2) is 133 Å². The highest BCUT2D eigenvalue weighted by Gasteiger charge is 2.19. The second-order valence-electron chi connectivity index (χ2n) is 8.32. The van der Waals surface area contributed by atoms with Crippen molar-refractivity contribution in [1.29, 1.82) is 0 Å². The molecule has 0 heterocycles. The molecule has 0 atom stereocenters. The van der Waals surface area contributed by atoms with Crippen molar-refractivity contribution in [2.45, 2.75) is 6.61 Å². The lowest BCUT2D eigenvalue weighted by Gasteiger charge is -2.29. The van der Waals surface area contributed by atoms with Gasteiger partial charge in [-0.3, -0.25) is 0 Å². The van der Waals surface area contributed by atoms with Crippen LogP contribution in [-0.4, -0.2) is 12.2 Å². The van der Waals surface area contributed by atoms with Gasteiger partial charge in [0.25, 0.3) is 0 Å². The number of aliphatic hydroxyl groups is 1. The molecule has 36 heavy (non-hydrogen) atoms. The Morgan fingerprint density at radius 3 is 1.44 bits per heavy atom. The van der Waals surface area contributed by atoms with E-state index in [1.54, 1.807) is 7.11 Å². The first-order valence-electron chi connectivity index (χ1n) is 11.9. The molecule has 0 aliphatic rings. The molecule has 0 bridgehead atoms. The molecule has 4 nitrogen and oxygen atoms in total. The molecule has 0 spiro atoms. The molecular formula is C32H28N2O2. The van der Waals surface area contributed by atoms with Gasteiger partial charge in [0.05, 0.1) is 25.1 Å². The Kier molecular flexibility index (Phi) is 6.97. The van der Waals surface area contributed by atoms with Crippen LogP contribution in [0.25, 0.3) is 0 Å². The summed E-state index contributed by atoms with van der Waals surface area (Å²) in [5.41, 5.74) is 6.85. The minimum atomic E-state index is -0.0345. The number of hydrogen-bond acceptors (Lipinski definition) is 4. The summed E-state index contributed by atoms with van der Waals surface area (Å²) in [6.07, 6.45) is 0. The lowest BCUT2D eigenvalue weighted by Crippen LogP contribution is -2.13. The highest BCUT2D eigenvalue weighted by atomic mass is 16.5. The van der Waals surface area contributed by atoms with Crippen LogP contribution in [0.5, 0.6) is 5.75 Å². The predicted molar refractivity (Wildman–Crippen MR) is 148 cm³/mol. The lowest BCUT2D eigenvalue weighted by molar-refractivity contribution is 0.282. The van der Waals surface area contributed by atoms with Gasteiger partial charge in [0.2, 0.25) is 0 Å². The van der Waals surface area contributed by atoms with E-state index < -0.39 is 0 Å². The van der Waals surface area contributed by atoms with Crippen molar-refractivity contribution in [3.05, 3.63) is 139 Å². The largest absolute Gasteiger partial charge is 0.495 e. The fraction of sp³-hybridized carbons (Fsp3) is 0.0625. The Morgan fingerprint density at radius 2 is 0.917 bits per heavy atom. The monoisotopic (exact) mass is 472 g/mol. The van der Waals surface area contributed by atoms with Crippen LogP contribution in [0.3, 0.4) is 0 Å². The number of para-hydroxylation sites is 5. The average Bonchev–Trinajstić information content (AvgIpc) is 2.96. The number of benzene rings is 5. The molecule has 0 radical (unpaired) electrons. The Bertz CT molecular complexity index is 1290. The molecule has 5 rings (SSSR count). The van der Waals surface area contributed by atoms with Gasteiger partial charge in [0.15, 0.2) is 0 Å². The Labute approximate surface area is 212 Å². The summed E-state index contributed by atoms with van der Waals surface area (Å²) < 4.78 is 5.70. The lowest BCUT2D eigenvalue weighted by atomic mass is 10.1. The van der Waals surface area contributed by atoms with Crippen molar-refractivity contribution in [3.8, 4) is 5.75 Å². The molecule has 0 amide bonds. The van der Waals surface area contributed by atoms with Crippen LogP contribution in [0.1, 0.15) is 5.56 Å². The van der Waals surface area contributed by atoms with Gasteiger partial charge in [-0.15, -0.1) is 0 Å². The number of ether oxygens (including phenoxy) is 1. The smallest absolute Gasteiger partial charge is 0.142 e. The molecule has 0 aliphatic heterocycles. The van der Waals surface area contributed by atoms with Crippen molar-refractivity contribution in [2.24, 2.45) is 0 Å². The van der Waals surface area contributed by atoms with Crippen molar-refractivity contribution >= 4 is 34.1 Å². The molecule has 0 aromatic heterocycles. The number of hydrogen-bond donors (Lipinski definition) is 1. The van der Waals surface area contributed by atoms with Gasteiger partial charge >= 0.3 is 0 Å². The van der Waals surface area contributed by atoms with Crippen molar-refractivity contribution in [3.63, 3.8) is 0 Å². The number of anilines is 6. The van der Waals surface area contributed by atoms with E-state index in [0.717, 1.165) is 45.4 Å². The topological polar surface area (TPSA) is 35.9 Å². The fourth-order valence-electron chi connectivity index (χ4n) is 4.44. The fourth-order valence-corrected chi connectivity index (χ4v) is 4.44. The van der Waals surface area contributed by atoms with Crippen LogP contribution >= 0.6 is 0 Å². The summed E-state index contributed by atoms with van der Waals surface area (Å²) in [6.45, 7) is -0.0345. The Hall–Kier alpha value is -4.54. The average molecular weight is 473 g/mol. The van der Waals surface area contributed by atoms with Gasteiger partial charge in [-0.05, 0) is 66.7 Å². The summed E-state index contributed by atoms with van der Waals surface area (Å²) in [6, 6.07) is 44.9. The first-order valence-corrected chi connectivity index (χ1v) is 11.9. The van der Waals surface area contributed by atoms with E-state index in [0.29, 0.717) is 0 Å². The third-order valence-electron chi connectivity index (χ3n) is 6.12. The quantitative estimate of drug-likeness (QED) is 0.247. The highest BCUT2D eigenvalue weighted by molar-refractivity contribution is 5.83. The maximum absolute atomic E-state index is 10.0. The molecule has 178 valence electrons. The first kappa shape index (κ1) is 23.2. The molecule has 4 heteroatoms. The summed E-state index contributed by atoms with van der Waals surface area (Å²) in [5, 5.41) is 10.0. The molecule has 1 N–H and O–H groups in total. The third-order valence-corrected chi connectivity index (χ3v) is 6.12. The van der Waals surface area contributed by atoms with Crippen molar-refractivity contribution < 1.29 is 9.84 Å². The van der Waals surface area contributed by atoms with Gasteiger partial charge in [-0.1, -0.05) is 66.7 Å². The molecule has 0 saturated carbocycles. The number of rotatable bonds is 8. The third kappa shape index (κ3) is 4.67. The second-order valence-corrected chi connectivity index (χ2v) is 8.32. The Morgan fingerprint density at radius 1 is 0.500 bits per heavy atom. The van der Waals surface area contributed by atoms with E-state index in [9.17, 15) is 5.11 Å². The Balaban J connectivity index is 1.62. The molecule has 5 aromatic carbocycles. The summed E-state index contributed by atoms with van der Waals surface area (Å²) in [7, 11) is 1.70. The number of nitrogens with zero attached hydrogens (tertiary/aromatic N) is 2. The van der Waals surface area contributed by atoms with Gasteiger partial charge in [0.1, 0.15) is 5.75 Å². The maximum atomic E-state index is 10.0. The molecule has 0 fully saturated rings. The van der Waals surface area contributed by atoms with E-state index in [-0.39, 0.29) is 6.61 Å².